The van der Waals surface area contributed by atoms with Crippen molar-refractivity contribution in [3.8, 4) is 17.1 Å². The fraction of sp³-hybridized carbons (Fsp3) is 0.0870. The fourth-order valence-corrected chi connectivity index (χ4v) is 3.84. The number of rotatable bonds is 5. The first kappa shape index (κ1) is 18.4. The molecular weight excluding hydrogens is 396 g/mol. The highest BCUT2D eigenvalue weighted by atomic mass is 32.2. The van der Waals surface area contributed by atoms with Crippen LogP contribution in [0, 0.1) is 0 Å². The maximum absolute atomic E-state index is 6.16. The molecular formula is C23H18N4O2S. The molecule has 1 N–H and O–H groups in total. The van der Waals surface area contributed by atoms with E-state index in [2.05, 4.69) is 32.6 Å². The lowest BCUT2D eigenvalue weighted by molar-refractivity contribution is 0.266. The van der Waals surface area contributed by atoms with Gasteiger partial charge in [-0.1, -0.05) is 60.3 Å². The van der Waals surface area contributed by atoms with Crippen molar-refractivity contribution < 1.29 is 9.15 Å². The van der Waals surface area contributed by atoms with E-state index in [9.17, 15) is 0 Å². The van der Waals surface area contributed by atoms with Crippen LogP contribution in [0.3, 0.4) is 0 Å². The van der Waals surface area contributed by atoms with Gasteiger partial charge in [-0.25, -0.2) is 0 Å². The number of nitrogens with one attached hydrogen (secondary N) is 1. The molecule has 0 bridgehead atoms. The van der Waals surface area contributed by atoms with Gasteiger partial charge in [0.1, 0.15) is 5.76 Å². The Bertz CT molecular complexity index is 1160. The molecule has 148 valence electrons. The van der Waals surface area contributed by atoms with Crippen LogP contribution in [-0.2, 0) is 5.75 Å². The Balaban J connectivity index is 1.44. The minimum Gasteiger partial charge on any atom is -0.465 e. The molecule has 0 saturated carbocycles. The zero-order chi connectivity index (χ0) is 20.2. The highest BCUT2D eigenvalue weighted by Crippen LogP contribution is 2.36. The van der Waals surface area contributed by atoms with Crippen LogP contribution < -0.4 is 10.1 Å². The van der Waals surface area contributed by atoms with Crippen LogP contribution in [0.4, 0.5) is 5.69 Å². The van der Waals surface area contributed by atoms with Gasteiger partial charge in [-0.2, -0.15) is 4.98 Å². The van der Waals surface area contributed by atoms with Crippen molar-refractivity contribution in [1.29, 1.82) is 0 Å². The third kappa shape index (κ3) is 4.06. The zero-order valence-corrected chi connectivity index (χ0v) is 16.8. The van der Waals surface area contributed by atoms with Crippen molar-refractivity contribution in [2.45, 2.75) is 17.1 Å². The molecule has 1 aliphatic heterocycles. The lowest BCUT2D eigenvalue weighted by Gasteiger charge is -2.15. The molecule has 4 aromatic rings. The first-order valence-electron chi connectivity index (χ1n) is 9.51. The molecule has 0 saturated heterocycles. The largest absolute Gasteiger partial charge is 0.465 e. The minimum absolute atomic E-state index is 0.429. The molecule has 7 heteroatoms. The van der Waals surface area contributed by atoms with Crippen LogP contribution in [0.1, 0.15) is 11.3 Å². The molecule has 0 radical (unpaired) electrons. The number of anilines is 1. The molecule has 6 nitrogen and oxygen atoms in total. The van der Waals surface area contributed by atoms with Crippen LogP contribution in [0.25, 0.3) is 17.3 Å². The second-order valence-electron chi connectivity index (χ2n) is 6.63. The smallest absolute Gasteiger partial charge is 0.247 e. The van der Waals surface area contributed by atoms with Gasteiger partial charge < -0.3 is 14.5 Å². The van der Waals surface area contributed by atoms with Crippen LogP contribution in [-0.4, -0.2) is 21.4 Å². The van der Waals surface area contributed by atoms with Gasteiger partial charge in [0.05, 0.1) is 6.26 Å². The predicted molar refractivity (Wildman–Crippen MR) is 117 cm³/mol. The van der Waals surface area contributed by atoms with Gasteiger partial charge >= 0.3 is 0 Å². The summed E-state index contributed by atoms with van der Waals surface area (Å²) in [5, 5.41) is 12.7. The summed E-state index contributed by atoms with van der Waals surface area (Å²) in [6.45, 7) is 0. The van der Waals surface area contributed by atoms with Gasteiger partial charge in [0.25, 0.3) is 0 Å². The summed E-state index contributed by atoms with van der Waals surface area (Å²) < 4.78 is 11.5. The predicted octanol–water partition coefficient (Wildman–Crippen LogP) is 5.27. The number of benzene rings is 2. The topological polar surface area (TPSA) is 73.1 Å². The molecule has 0 aliphatic carbocycles. The standard InChI is InChI=1S/C23H18N4O2S/c1-2-7-16(8-3-1)15-30-23-25-22-21(26-27-23)18-10-4-5-11-19(18)24-20(29-22)13-12-17-9-6-14-28-17/h1-14,20,24H,15H2. The Morgan fingerprint density at radius 2 is 1.83 bits per heavy atom. The monoisotopic (exact) mass is 414 g/mol. The van der Waals surface area contributed by atoms with Crippen LogP contribution in [0.2, 0.25) is 0 Å². The summed E-state index contributed by atoms with van der Waals surface area (Å²) in [4.78, 5) is 4.65. The van der Waals surface area contributed by atoms with Crippen molar-refractivity contribution in [3.63, 3.8) is 0 Å². The first-order valence-corrected chi connectivity index (χ1v) is 10.5. The van der Waals surface area contributed by atoms with Crippen molar-refractivity contribution in [1.82, 2.24) is 15.2 Å². The van der Waals surface area contributed by atoms with E-state index in [1.807, 2.05) is 66.7 Å². The second kappa shape index (κ2) is 8.42. The van der Waals surface area contributed by atoms with Crippen LogP contribution in [0.15, 0.2) is 88.6 Å². The Kier molecular flexibility index (Phi) is 5.18. The fourth-order valence-electron chi connectivity index (χ4n) is 3.11. The van der Waals surface area contributed by atoms with E-state index in [0.29, 0.717) is 16.7 Å². The average Bonchev–Trinajstić information content (AvgIpc) is 3.26. The van der Waals surface area contributed by atoms with Crippen molar-refractivity contribution in [3.05, 3.63) is 90.4 Å². The summed E-state index contributed by atoms with van der Waals surface area (Å²) in [5.74, 6) is 1.96. The first-order chi connectivity index (χ1) is 14.8. The van der Waals surface area contributed by atoms with E-state index in [-0.39, 0.29) is 0 Å². The van der Waals surface area contributed by atoms with Crippen molar-refractivity contribution >= 4 is 23.5 Å². The van der Waals surface area contributed by atoms with Gasteiger partial charge in [0.2, 0.25) is 11.0 Å². The Morgan fingerprint density at radius 3 is 2.70 bits per heavy atom. The van der Waals surface area contributed by atoms with Crippen LogP contribution in [0.5, 0.6) is 5.88 Å². The summed E-state index contributed by atoms with van der Waals surface area (Å²) in [6, 6.07) is 21.8. The SMILES string of the molecule is C(=CC1Nc2ccccc2-c2nnc(SCc3ccccc3)nc2O1)c1ccco1. The van der Waals surface area contributed by atoms with E-state index in [0.717, 1.165) is 22.8 Å². The van der Waals surface area contributed by atoms with Gasteiger partial charge in [-0.05, 0) is 35.9 Å². The van der Waals surface area contributed by atoms with Gasteiger partial charge in [0, 0.05) is 17.0 Å². The highest BCUT2D eigenvalue weighted by molar-refractivity contribution is 7.98. The summed E-state index contributed by atoms with van der Waals surface area (Å²) in [7, 11) is 0. The number of ether oxygens (including phenoxy) is 1. The van der Waals surface area contributed by atoms with Gasteiger partial charge in [-0.3, -0.25) is 0 Å². The quantitative estimate of drug-likeness (QED) is 0.446. The normalized spacial score (nSPS) is 15.0. The minimum atomic E-state index is -0.429. The maximum atomic E-state index is 6.16. The van der Waals surface area contributed by atoms with Gasteiger partial charge in [0.15, 0.2) is 11.9 Å². The lowest BCUT2D eigenvalue weighted by atomic mass is 10.1. The van der Waals surface area contributed by atoms with Gasteiger partial charge in [-0.15, -0.1) is 10.2 Å². The van der Waals surface area contributed by atoms with E-state index < -0.39 is 6.23 Å². The number of aromatic nitrogens is 3. The summed E-state index contributed by atoms with van der Waals surface area (Å²) in [6.07, 6.45) is 4.97. The third-order valence-electron chi connectivity index (χ3n) is 4.54. The zero-order valence-electron chi connectivity index (χ0n) is 15.9. The molecule has 1 atom stereocenters. The van der Waals surface area contributed by atoms with Crippen molar-refractivity contribution in [2.24, 2.45) is 0 Å². The molecule has 0 fully saturated rings. The number of para-hydroxylation sites is 1. The molecule has 30 heavy (non-hydrogen) atoms. The number of thioether (sulfide) groups is 1. The number of furan rings is 1. The maximum Gasteiger partial charge on any atom is 0.247 e. The summed E-state index contributed by atoms with van der Waals surface area (Å²) in [5.41, 5.74) is 3.64. The number of hydrogen-bond acceptors (Lipinski definition) is 7. The van der Waals surface area contributed by atoms with Crippen molar-refractivity contribution in [2.75, 3.05) is 5.32 Å². The Labute approximate surface area is 178 Å². The third-order valence-corrected chi connectivity index (χ3v) is 5.45. The molecule has 0 amide bonds. The highest BCUT2D eigenvalue weighted by Gasteiger charge is 2.23. The van der Waals surface area contributed by atoms with E-state index in [4.69, 9.17) is 9.15 Å². The molecule has 5 rings (SSSR count). The molecule has 1 unspecified atom stereocenters. The molecule has 3 heterocycles. The average molecular weight is 414 g/mol. The second-order valence-corrected chi connectivity index (χ2v) is 7.57. The van der Waals surface area contributed by atoms with E-state index in [1.165, 1.54) is 17.3 Å². The number of fused-ring (bicyclic) bond motifs is 3. The lowest BCUT2D eigenvalue weighted by Crippen LogP contribution is -2.23. The molecule has 1 aliphatic rings. The number of nitrogens with zero attached hydrogens (tertiary/aromatic N) is 3. The summed E-state index contributed by atoms with van der Waals surface area (Å²) >= 11 is 1.53. The Hall–Kier alpha value is -3.58. The Morgan fingerprint density at radius 1 is 0.967 bits per heavy atom. The molecule has 2 aromatic carbocycles. The van der Waals surface area contributed by atoms with Crippen LogP contribution >= 0.6 is 11.8 Å². The van der Waals surface area contributed by atoms with E-state index in [1.54, 1.807) is 6.26 Å². The number of hydrogen-bond donors (Lipinski definition) is 1. The molecule has 2 aromatic heterocycles. The van der Waals surface area contributed by atoms with E-state index >= 15 is 0 Å². The molecule has 0 spiro atoms.